The Labute approximate surface area is 105 Å². The molecule has 0 saturated carbocycles. The van der Waals surface area contributed by atoms with Crippen molar-refractivity contribution in [3.05, 3.63) is 29.8 Å². The fourth-order valence-electron chi connectivity index (χ4n) is 2.05. The van der Waals surface area contributed by atoms with Crippen LogP contribution in [0.3, 0.4) is 0 Å². The summed E-state index contributed by atoms with van der Waals surface area (Å²) < 4.78 is 0. The lowest BCUT2D eigenvalue weighted by atomic mass is 10.1. The molecule has 1 aliphatic rings. The molecule has 1 aliphatic heterocycles. The van der Waals surface area contributed by atoms with E-state index in [4.69, 9.17) is 10.5 Å². The van der Waals surface area contributed by atoms with Gasteiger partial charge in [-0.05, 0) is 11.6 Å². The van der Waals surface area contributed by atoms with Crippen LogP contribution in [0, 0.1) is 22.7 Å². The molecule has 1 heterocycles. The molecular formula is C13H12N4O. The van der Waals surface area contributed by atoms with Crippen molar-refractivity contribution in [2.45, 2.75) is 12.5 Å². The SMILES string of the molecule is N#CCN(CC#N)C(=O)C1Cc2ccccc2N1. The van der Waals surface area contributed by atoms with E-state index < -0.39 is 0 Å². The topological polar surface area (TPSA) is 79.9 Å². The van der Waals surface area contributed by atoms with E-state index in [2.05, 4.69) is 5.32 Å². The van der Waals surface area contributed by atoms with Gasteiger partial charge in [0.25, 0.3) is 0 Å². The van der Waals surface area contributed by atoms with Crippen LogP contribution >= 0.6 is 0 Å². The van der Waals surface area contributed by atoms with Gasteiger partial charge in [-0.15, -0.1) is 0 Å². The third-order valence-corrected chi connectivity index (χ3v) is 2.90. The van der Waals surface area contributed by atoms with E-state index in [1.165, 1.54) is 4.90 Å². The highest BCUT2D eigenvalue weighted by molar-refractivity contribution is 5.87. The summed E-state index contributed by atoms with van der Waals surface area (Å²) in [5.41, 5.74) is 2.04. The minimum Gasteiger partial charge on any atom is -0.373 e. The van der Waals surface area contributed by atoms with Crippen molar-refractivity contribution >= 4 is 11.6 Å². The molecule has 1 atom stereocenters. The molecule has 0 saturated heterocycles. The first-order chi connectivity index (χ1) is 8.76. The third-order valence-electron chi connectivity index (χ3n) is 2.90. The van der Waals surface area contributed by atoms with E-state index in [-0.39, 0.29) is 25.0 Å². The van der Waals surface area contributed by atoms with Crippen molar-refractivity contribution in [3.63, 3.8) is 0 Å². The Morgan fingerprint density at radius 1 is 1.33 bits per heavy atom. The summed E-state index contributed by atoms with van der Waals surface area (Å²) >= 11 is 0. The standard InChI is InChI=1S/C13H12N4O/c14-5-7-17(8-6-15)13(18)12-9-10-3-1-2-4-11(10)16-12/h1-4,12,16H,7-9H2. The Balaban J connectivity index is 2.09. The number of nitrogens with one attached hydrogen (secondary N) is 1. The number of hydrogen-bond acceptors (Lipinski definition) is 4. The van der Waals surface area contributed by atoms with Crippen LogP contribution in [-0.4, -0.2) is 29.9 Å². The Morgan fingerprint density at radius 2 is 2.00 bits per heavy atom. The summed E-state index contributed by atoms with van der Waals surface area (Å²) in [4.78, 5) is 13.4. The highest BCUT2D eigenvalue weighted by atomic mass is 16.2. The van der Waals surface area contributed by atoms with Crippen molar-refractivity contribution in [3.8, 4) is 12.1 Å². The smallest absolute Gasteiger partial charge is 0.247 e. The van der Waals surface area contributed by atoms with E-state index in [9.17, 15) is 4.79 Å². The molecule has 2 rings (SSSR count). The average Bonchev–Trinajstić information content (AvgIpc) is 2.81. The van der Waals surface area contributed by atoms with Gasteiger partial charge in [0.2, 0.25) is 5.91 Å². The van der Waals surface area contributed by atoms with Crippen LogP contribution in [0.5, 0.6) is 0 Å². The minimum atomic E-state index is -0.371. The highest BCUT2D eigenvalue weighted by Crippen LogP contribution is 2.25. The molecule has 0 fully saturated rings. The van der Waals surface area contributed by atoms with Gasteiger partial charge in [0.1, 0.15) is 19.1 Å². The van der Waals surface area contributed by atoms with Gasteiger partial charge in [0.15, 0.2) is 0 Å². The highest BCUT2D eigenvalue weighted by Gasteiger charge is 2.29. The average molecular weight is 240 g/mol. The maximum Gasteiger partial charge on any atom is 0.247 e. The van der Waals surface area contributed by atoms with Gasteiger partial charge in [0.05, 0.1) is 12.1 Å². The van der Waals surface area contributed by atoms with Crippen molar-refractivity contribution < 1.29 is 4.79 Å². The third kappa shape index (κ3) is 2.26. The van der Waals surface area contributed by atoms with E-state index in [1.54, 1.807) is 0 Å². The summed E-state index contributed by atoms with van der Waals surface area (Å²) in [6.45, 7) is -0.109. The van der Waals surface area contributed by atoms with Crippen LogP contribution in [0.25, 0.3) is 0 Å². The molecule has 0 bridgehead atoms. The predicted octanol–water partition coefficient (Wildman–Crippen LogP) is 0.899. The van der Waals surface area contributed by atoms with Gasteiger partial charge < -0.3 is 10.2 Å². The second kappa shape index (κ2) is 5.20. The van der Waals surface area contributed by atoms with Crippen LogP contribution in [0.4, 0.5) is 5.69 Å². The van der Waals surface area contributed by atoms with Crippen molar-refractivity contribution in [2.24, 2.45) is 0 Å². The van der Waals surface area contributed by atoms with E-state index in [0.717, 1.165) is 11.3 Å². The number of nitrogens with zero attached hydrogens (tertiary/aromatic N) is 3. The molecule has 90 valence electrons. The van der Waals surface area contributed by atoms with Crippen molar-refractivity contribution in [1.82, 2.24) is 4.90 Å². The Hall–Kier alpha value is -2.53. The minimum absolute atomic E-state index is 0.0546. The lowest BCUT2D eigenvalue weighted by molar-refractivity contribution is -0.130. The lowest BCUT2D eigenvalue weighted by Gasteiger charge is -2.20. The molecule has 0 aromatic heterocycles. The number of anilines is 1. The zero-order chi connectivity index (χ0) is 13.0. The lowest BCUT2D eigenvalue weighted by Crippen LogP contribution is -2.42. The van der Waals surface area contributed by atoms with Crippen molar-refractivity contribution in [1.29, 1.82) is 10.5 Å². The number of carbonyl (C=O) groups is 1. The molecule has 0 spiro atoms. The first kappa shape index (κ1) is 11.9. The number of fused-ring (bicyclic) bond motifs is 1. The zero-order valence-electron chi connectivity index (χ0n) is 9.76. The molecule has 1 unspecified atom stereocenters. The van der Waals surface area contributed by atoms with Gasteiger partial charge >= 0.3 is 0 Å². The van der Waals surface area contributed by atoms with Gasteiger partial charge in [-0.3, -0.25) is 4.79 Å². The zero-order valence-corrected chi connectivity index (χ0v) is 9.76. The van der Waals surface area contributed by atoms with E-state index in [0.29, 0.717) is 6.42 Å². The first-order valence-corrected chi connectivity index (χ1v) is 5.63. The molecule has 0 aliphatic carbocycles. The first-order valence-electron chi connectivity index (χ1n) is 5.63. The van der Waals surface area contributed by atoms with Crippen molar-refractivity contribution in [2.75, 3.05) is 18.4 Å². The number of hydrogen-bond donors (Lipinski definition) is 1. The summed E-state index contributed by atoms with van der Waals surface area (Å²) in [7, 11) is 0. The van der Waals surface area contributed by atoms with Gasteiger partial charge in [-0.1, -0.05) is 18.2 Å². The van der Waals surface area contributed by atoms with E-state index in [1.807, 2.05) is 36.4 Å². The van der Waals surface area contributed by atoms with Crippen LogP contribution in [0.1, 0.15) is 5.56 Å². The maximum atomic E-state index is 12.2. The molecule has 5 nitrogen and oxygen atoms in total. The second-order valence-electron chi connectivity index (χ2n) is 4.07. The molecular weight excluding hydrogens is 228 g/mol. The molecule has 1 N–H and O–H groups in total. The Morgan fingerprint density at radius 3 is 2.61 bits per heavy atom. The van der Waals surface area contributed by atoms with Crippen LogP contribution < -0.4 is 5.32 Å². The van der Waals surface area contributed by atoms with Gasteiger partial charge in [-0.2, -0.15) is 10.5 Å². The quantitative estimate of drug-likeness (QED) is 0.796. The normalized spacial score (nSPS) is 16.0. The number of para-hydroxylation sites is 1. The van der Waals surface area contributed by atoms with E-state index >= 15 is 0 Å². The van der Waals surface area contributed by atoms with Crippen LogP contribution in [0.15, 0.2) is 24.3 Å². The molecule has 0 radical (unpaired) electrons. The van der Waals surface area contributed by atoms with Gasteiger partial charge in [-0.25, -0.2) is 0 Å². The molecule has 1 aromatic rings. The summed E-state index contributed by atoms with van der Waals surface area (Å²) in [6.07, 6.45) is 0.600. The fourth-order valence-corrected chi connectivity index (χ4v) is 2.05. The summed E-state index contributed by atoms with van der Waals surface area (Å²) in [6, 6.07) is 11.2. The van der Waals surface area contributed by atoms with Crippen LogP contribution in [0.2, 0.25) is 0 Å². The Kier molecular flexibility index (Phi) is 3.45. The van der Waals surface area contributed by atoms with Gasteiger partial charge in [0, 0.05) is 12.1 Å². The second-order valence-corrected chi connectivity index (χ2v) is 4.07. The van der Waals surface area contributed by atoms with Crippen LogP contribution in [-0.2, 0) is 11.2 Å². The number of carbonyl (C=O) groups excluding carboxylic acids is 1. The molecule has 18 heavy (non-hydrogen) atoms. The number of nitriles is 2. The fraction of sp³-hybridized carbons (Fsp3) is 0.308. The number of benzene rings is 1. The summed E-state index contributed by atoms with van der Waals surface area (Å²) in [5, 5.41) is 20.4. The maximum absolute atomic E-state index is 12.2. The predicted molar refractivity (Wildman–Crippen MR) is 65.4 cm³/mol. The molecule has 5 heteroatoms. The summed E-state index contributed by atoms with van der Waals surface area (Å²) in [5.74, 6) is -0.200. The largest absolute Gasteiger partial charge is 0.373 e. The molecule has 1 amide bonds. The monoisotopic (exact) mass is 240 g/mol. The number of amides is 1. The number of rotatable bonds is 3. The molecule has 1 aromatic carbocycles. The Bertz CT molecular complexity index is 500.